The van der Waals surface area contributed by atoms with Gasteiger partial charge in [-0.3, -0.25) is 0 Å². The van der Waals surface area contributed by atoms with Gasteiger partial charge in [0.2, 0.25) is 0 Å². The second-order valence-electron chi connectivity index (χ2n) is 2.48. The Labute approximate surface area is 84.7 Å². The highest BCUT2D eigenvalue weighted by Gasteiger charge is 2.38. The summed E-state index contributed by atoms with van der Waals surface area (Å²) < 4.78 is 73.3. The van der Waals surface area contributed by atoms with Crippen LogP contribution in [-0.4, -0.2) is 4.98 Å². The lowest BCUT2D eigenvalue weighted by Crippen LogP contribution is -2.11. The van der Waals surface area contributed by atoms with Gasteiger partial charge >= 0.3 is 6.18 Å². The Morgan fingerprint density at radius 2 is 1.80 bits per heavy atom. The Bertz CT molecular complexity index is 374. The van der Waals surface area contributed by atoms with Gasteiger partial charge in [0.05, 0.1) is 16.8 Å². The molecule has 0 aliphatic heterocycles. The van der Waals surface area contributed by atoms with Crippen LogP contribution >= 0.6 is 11.6 Å². The molecule has 0 fully saturated rings. The normalized spacial score (nSPS) is 12.3. The van der Waals surface area contributed by atoms with Crippen molar-refractivity contribution in [3.8, 4) is 0 Å². The van der Waals surface area contributed by atoms with E-state index in [-0.39, 0.29) is 6.20 Å². The van der Waals surface area contributed by atoms with Gasteiger partial charge in [-0.1, -0.05) is 11.6 Å². The first-order valence-corrected chi connectivity index (χ1v) is 3.82. The van der Waals surface area contributed by atoms with E-state index < -0.39 is 34.7 Å². The number of alkyl halides is 5. The first-order valence-electron chi connectivity index (χ1n) is 3.44. The van der Waals surface area contributed by atoms with Crippen LogP contribution in [0.5, 0.6) is 0 Å². The third-order valence-corrected chi connectivity index (χ3v) is 1.88. The molecular formula is C7H2ClF6N. The monoisotopic (exact) mass is 249 g/mol. The van der Waals surface area contributed by atoms with Crippen molar-refractivity contribution in [2.75, 3.05) is 0 Å². The quantitative estimate of drug-likeness (QED) is 0.689. The number of pyridine rings is 1. The smallest absolute Gasteiger partial charge is 0.247 e. The lowest BCUT2D eigenvalue weighted by molar-refractivity contribution is -0.141. The van der Waals surface area contributed by atoms with Crippen molar-refractivity contribution in [3.05, 3.63) is 28.3 Å². The molecule has 8 heteroatoms. The van der Waals surface area contributed by atoms with Crippen LogP contribution in [0.2, 0.25) is 5.02 Å². The molecule has 1 heterocycles. The number of hydrogen-bond donors (Lipinski definition) is 0. The minimum atomic E-state index is -4.99. The predicted molar refractivity (Wildman–Crippen MR) is 39.2 cm³/mol. The van der Waals surface area contributed by atoms with E-state index in [0.29, 0.717) is 0 Å². The van der Waals surface area contributed by atoms with Crippen LogP contribution in [0.3, 0.4) is 0 Å². The molecule has 1 aromatic heterocycles. The van der Waals surface area contributed by atoms with E-state index in [4.69, 9.17) is 11.6 Å². The van der Waals surface area contributed by atoms with Gasteiger partial charge in [-0.2, -0.15) is 13.2 Å². The molecule has 0 bridgehead atoms. The highest BCUT2D eigenvalue weighted by molar-refractivity contribution is 6.32. The summed E-state index contributed by atoms with van der Waals surface area (Å²) in [5, 5.41) is -1.41. The summed E-state index contributed by atoms with van der Waals surface area (Å²) in [5.41, 5.74) is -3.21. The molecule has 0 aromatic carbocycles. The van der Waals surface area contributed by atoms with Gasteiger partial charge in [0.25, 0.3) is 6.43 Å². The first-order chi connectivity index (χ1) is 6.75. The van der Waals surface area contributed by atoms with Crippen molar-refractivity contribution >= 4 is 11.6 Å². The Hall–Kier alpha value is -0.980. The van der Waals surface area contributed by atoms with Gasteiger partial charge in [-0.15, -0.1) is 0 Å². The lowest BCUT2D eigenvalue weighted by atomic mass is 10.2. The molecule has 0 unspecified atom stereocenters. The van der Waals surface area contributed by atoms with Crippen molar-refractivity contribution in [2.45, 2.75) is 12.6 Å². The average molecular weight is 250 g/mol. The van der Waals surface area contributed by atoms with E-state index in [2.05, 4.69) is 4.98 Å². The Kier molecular flexibility index (Phi) is 3.13. The standard InChI is InChI=1S/C7H2ClF6N/c8-4-3(6(10)11)2(9)1-15-5(4)7(12,13)14/h1,6H. The third kappa shape index (κ3) is 2.34. The third-order valence-electron chi connectivity index (χ3n) is 1.50. The number of halogens is 7. The summed E-state index contributed by atoms with van der Waals surface area (Å²) in [4.78, 5) is 2.63. The zero-order chi connectivity index (χ0) is 11.8. The molecule has 1 nitrogen and oxygen atoms in total. The number of hydrogen-bond acceptors (Lipinski definition) is 1. The number of aromatic nitrogens is 1. The van der Waals surface area contributed by atoms with E-state index in [1.807, 2.05) is 0 Å². The van der Waals surface area contributed by atoms with Crippen molar-refractivity contribution in [1.82, 2.24) is 4.98 Å². The fraction of sp³-hybridized carbons (Fsp3) is 0.286. The second kappa shape index (κ2) is 3.88. The van der Waals surface area contributed by atoms with Crippen LogP contribution < -0.4 is 0 Å². The highest BCUT2D eigenvalue weighted by Crippen LogP contribution is 2.38. The molecule has 0 aliphatic carbocycles. The summed E-state index contributed by atoms with van der Waals surface area (Å²) in [6.45, 7) is 0. The van der Waals surface area contributed by atoms with Crippen LogP contribution in [0.15, 0.2) is 6.20 Å². The van der Waals surface area contributed by atoms with Crippen molar-refractivity contribution in [2.24, 2.45) is 0 Å². The van der Waals surface area contributed by atoms with E-state index in [1.54, 1.807) is 0 Å². The SMILES string of the molecule is Fc1cnc(C(F)(F)F)c(Cl)c1C(F)F. The Morgan fingerprint density at radius 3 is 2.20 bits per heavy atom. The van der Waals surface area contributed by atoms with Crippen LogP contribution in [0.25, 0.3) is 0 Å². The molecule has 0 N–H and O–H groups in total. The van der Waals surface area contributed by atoms with Crippen molar-refractivity contribution in [3.63, 3.8) is 0 Å². The van der Waals surface area contributed by atoms with E-state index >= 15 is 0 Å². The van der Waals surface area contributed by atoms with Gasteiger partial charge in [0, 0.05) is 0 Å². The average Bonchev–Trinajstić information content (AvgIpc) is 2.00. The maximum atomic E-state index is 12.7. The summed E-state index contributed by atoms with van der Waals surface area (Å²) in [7, 11) is 0. The number of nitrogens with zero attached hydrogens (tertiary/aromatic N) is 1. The maximum absolute atomic E-state index is 12.7. The molecule has 0 spiro atoms. The molecule has 0 saturated carbocycles. The van der Waals surface area contributed by atoms with Gasteiger partial charge < -0.3 is 0 Å². The second-order valence-corrected chi connectivity index (χ2v) is 2.86. The molecule has 1 rings (SSSR count). The molecular weight excluding hydrogens is 248 g/mol. The summed E-state index contributed by atoms with van der Waals surface area (Å²) in [5.74, 6) is -1.57. The topological polar surface area (TPSA) is 12.9 Å². The minimum Gasteiger partial charge on any atom is -0.247 e. The van der Waals surface area contributed by atoms with Crippen LogP contribution in [-0.2, 0) is 6.18 Å². The van der Waals surface area contributed by atoms with E-state index in [9.17, 15) is 26.3 Å². The van der Waals surface area contributed by atoms with E-state index in [1.165, 1.54) is 0 Å². The number of rotatable bonds is 1. The molecule has 0 amide bonds. The van der Waals surface area contributed by atoms with Gasteiger partial charge in [0.15, 0.2) is 11.5 Å². The largest absolute Gasteiger partial charge is 0.434 e. The maximum Gasteiger partial charge on any atom is 0.434 e. The van der Waals surface area contributed by atoms with Gasteiger partial charge in [-0.25, -0.2) is 18.2 Å². The Balaban J connectivity index is 3.42. The van der Waals surface area contributed by atoms with Crippen LogP contribution in [0, 0.1) is 5.82 Å². The summed E-state index contributed by atoms with van der Waals surface area (Å²) in [6.07, 6.45) is -8.36. The van der Waals surface area contributed by atoms with Gasteiger partial charge in [0.1, 0.15) is 0 Å². The summed E-state index contributed by atoms with van der Waals surface area (Å²) >= 11 is 4.99. The van der Waals surface area contributed by atoms with E-state index in [0.717, 1.165) is 0 Å². The zero-order valence-electron chi connectivity index (χ0n) is 6.75. The van der Waals surface area contributed by atoms with Crippen LogP contribution in [0.1, 0.15) is 17.7 Å². The molecule has 0 aliphatic rings. The zero-order valence-corrected chi connectivity index (χ0v) is 7.50. The van der Waals surface area contributed by atoms with Crippen molar-refractivity contribution < 1.29 is 26.3 Å². The molecule has 1 aromatic rings. The first kappa shape index (κ1) is 12.1. The highest BCUT2D eigenvalue weighted by atomic mass is 35.5. The summed E-state index contributed by atoms with van der Waals surface area (Å²) in [6, 6.07) is 0. The molecule has 0 saturated heterocycles. The van der Waals surface area contributed by atoms with Gasteiger partial charge in [-0.05, 0) is 0 Å². The minimum absolute atomic E-state index is 0.0657. The predicted octanol–water partition coefficient (Wildman–Crippen LogP) is 3.83. The fourth-order valence-corrected chi connectivity index (χ4v) is 1.21. The molecule has 0 atom stereocenters. The fourth-order valence-electron chi connectivity index (χ4n) is 0.877. The molecule has 0 radical (unpaired) electrons. The Morgan fingerprint density at radius 1 is 1.27 bits per heavy atom. The molecule has 84 valence electrons. The van der Waals surface area contributed by atoms with Crippen LogP contribution in [0.4, 0.5) is 26.3 Å². The molecule has 15 heavy (non-hydrogen) atoms. The lowest BCUT2D eigenvalue weighted by Gasteiger charge is -2.11. The van der Waals surface area contributed by atoms with Crippen molar-refractivity contribution in [1.29, 1.82) is 0 Å².